The molecule has 0 unspecified atom stereocenters. The topological polar surface area (TPSA) is 73.9 Å². The second kappa shape index (κ2) is 10.1. The van der Waals surface area contributed by atoms with Gasteiger partial charge < -0.3 is 19.4 Å². The molecule has 1 N–H and O–H groups in total. The quantitative estimate of drug-likeness (QED) is 0.556. The zero-order valence-corrected chi connectivity index (χ0v) is 16.9. The molecule has 0 aromatic heterocycles. The van der Waals surface area contributed by atoms with Gasteiger partial charge in [-0.25, -0.2) is 4.79 Å². The molecule has 148 valence electrons. The highest BCUT2D eigenvalue weighted by atomic mass is 16.6. The first-order valence-corrected chi connectivity index (χ1v) is 8.99. The summed E-state index contributed by atoms with van der Waals surface area (Å²) in [6.07, 6.45) is 0.314. The van der Waals surface area contributed by atoms with E-state index in [0.29, 0.717) is 12.0 Å². The van der Waals surface area contributed by atoms with Crippen LogP contribution in [0, 0.1) is 13.8 Å². The fraction of sp³-hybridized carbons (Fsp3) is 0.333. The number of aryl methyl sites for hydroxylation is 2. The van der Waals surface area contributed by atoms with Crippen LogP contribution in [0.5, 0.6) is 0 Å². The van der Waals surface area contributed by atoms with Crippen LogP contribution in [0.3, 0.4) is 0 Å². The number of esters is 1. The van der Waals surface area contributed by atoms with Gasteiger partial charge in [-0.3, -0.25) is 4.79 Å². The highest BCUT2D eigenvalue weighted by Crippen LogP contribution is 2.11. The normalized spacial score (nSPS) is 11.6. The molecule has 0 bridgehead atoms. The maximum absolute atomic E-state index is 12.6. The predicted octanol–water partition coefficient (Wildman–Crippen LogP) is 1.81. The minimum Gasteiger partial charge on any atom is -0.467 e. The van der Waals surface area contributed by atoms with Gasteiger partial charge in [-0.05, 0) is 37.0 Å². The maximum atomic E-state index is 12.6. The van der Waals surface area contributed by atoms with Gasteiger partial charge in [0.1, 0.15) is 6.04 Å². The molecule has 0 aliphatic heterocycles. The zero-order chi connectivity index (χ0) is 20.7. The summed E-state index contributed by atoms with van der Waals surface area (Å²) in [6.45, 7) is 3.85. The molecule has 0 fully saturated rings. The summed E-state index contributed by atoms with van der Waals surface area (Å²) in [5, 5.41) is 2.78. The molecule has 0 heterocycles. The molecular weight excluding hydrogens is 357 g/mol. The molecule has 0 saturated heterocycles. The number of hydrogen-bond donors (Lipinski definition) is 1. The second-order valence-corrected chi connectivity index (χ2v) is 6.67. The van der Waals surface area contributed by atoms with E-state index in [1.807, 2.05) is 44.2 Å². The Balaban J connectivity index is 2.15. The summed E-state index contributed by atoms with van der Waals surface area (Å²) >= 11 is 0. The Morgan fingerprint density at radius 2 is 1.54 bits per heavy atom. The summed E-state index contributed by atoms with van der Waals surface area (Å²) in [6, 6.07) is 12.3. The van der Waals surface area contributed by atoms with Crippen molar-refractivity contribution in [1.82, 2.24) is 5.32 Å². The number of ether oxygens (including phenoxy) is 1. The molecule has 0 spiro atoms. The van der Waals surface area contributed by atoms with Crippen LogP contribution in [0.4, 0.5) is 0 Å². The van der Waals surface area contributed by atoms with Gasteiger partial charge in [0.15, 0.2) is 0 Å². The van der Waals surface area contributed by atoms with Crippen LogP contribution < -0.4 is 10.8 Å². The molecular formula is C21H26BNO5. The van der Waals surface area contributed by atoms with E-state index < -0.39 is 19.1 Å². The zero-order valence-electron chi connectivity index (χ0n) is 16.9. The Kier molecular flexibility index (Phi) is 7.78. The van der Waals surface area contributed by atoms with Crippen LogP contribution in [0.25, 0.3) is 0 Å². The molecule has 28 heavy (non-hydrogen) atoms. The van der Waals surface area contributed by atoms with Crippen molar-refractivity contribution in [3.63, 3.8) is 0 Å². The van der Waals surface area contributed by atoms with Crippen LogP contribution in [-0.4, -0.2) is 46.4 Å². The Labute approximate surface area is 166 Å². The van der Waals surface area contributed by atoms with Gasteiger partial charge in [-0.2, -0.15) is 0 Å². The fourth-order valence-electron chi connectivity index (χ4n) is 3.10. The number of carbonyl (C=O) groups is 2. The molecule has 7 heteroatoms. The molecule has 0 saturated carbocycles. The minimum absolute atomic E-state index is 0.308. The molecule has 0 radical (unpaired) electrons. The first kappa shape index (κ1) is 21.7. The van der Waals surface area contributed by atoms with Gasteiger partial charge in [-0.15, -0.1) is 0 Å². The average molecular weight is 383 g/mol. The van der Waals surface area contributed by atoms with E-state index in [1.165, 1.54) is 7.11 Å². The Morgan fingerprint density at radius 3 is 2.04 bits per heavy atom. The summed E-state index contributed by atoms with van der Waals surface area (Å²) in [4.78, 5) is 24.8. The van der Waals surface area contributed by atoms with E-state index in [0.717, 1.165) is 22.2 Å². The van der Waals surface area contributed by atoms with Crippen molar-refractivity contribution < 1.29 is 23.6 Å². The monoisotopic (exact) mass is 383 g/mol. The van der Waals surface area contributed by atoms with Crippen molar-refractivity contribution in [2.75, 3.05) is 21.3 Å². The molecule has 0 aliphatic rings. The van der Waals surface area contributed by atoms with Crippen molar-refractivity contribution in [1.29, 1.82) is 0 Å². The molecule has 2 rings (SSSR count). The Morgan fingerprint density at radius 1 is 0.964 bits per heavy atom. The van der Waals surface area contributed by atoms with Crippen molar-refractivity contribution in [3.05, 3.63) is 64.7 Å². The van der Waals surface area contributed by atoms with Crippen LogP contribution >= 0.6 is 0 Å². The van der Waals surface area contributed by atoms with E-state index >= 15 is 0 Å². The molecule has 2 aromatic carbocycles. The van der Waals surface area contributed by atoms with Gasteiger partial charge in [-0.1, -0.05) is 41.5 Å². The van der Waals surface area contributed by atoms with Gasteiger partial charge in [0.2, 0.25) is 0 Å². The lowest BCUT2D eigenvalue weighted by Crippen LogP contribution is -2.43. The van der Waals surface area contributed by atoms with E-state index in [4.69, 9.17) is 14.0 Å². The summed E-state index contributed by atoms with van der Waals surface area (Å²) in [7, 11) is 3.99. The molecule has 1 amide bonds. The van der Waals surface area contributed by atoms with Crippen LogP contribution in [-0.2, 0) is 25.3 Å². The number of carbonyl (C=O) groups excluding carboxylic acids is 2. The van der Waals surface area contributed by atoms with Crippen molar-refractivity contribution in [2.24, 2.45) is 0 Å². The van der Waals surface area contributed by atoms with Crippen LogP contribution in [0.2, 0.25) is 0 Å². The number of amides is 1. The molecule has 0 aliphatic carbocycles. The van der Waals surface area contributed by atoms with Crippen LogP contribution in [0.1, 0.15) is 27.0 Å². The van der Waals surface area contributed by atoms with E-state index in [2.05, 4.69) is 5.32 Å². The lowest BCUT2D eigenvalue weighted by atomic mass is 9.78. The molecule has 6 nitrogen and oxygen atoms in total. The maximum Gasteiger partial charge on any atom is 0.493 e. The molecule has 1 atom stereocenters. The third kappa shape index (κ3) is 5.68. The number of benzene rings is 2. The fourth-order valence-corrected chi connectivity index (χ4v) is 3.10. The Hall–Kier alpha value is -2.64. The molecule has 2 aromatic rings. The average Bonchev–Trinajstić information content (AvgIpc) is 2.68. The van der Waals surface area contributed by atoms with Crippen molar-refractivity contribution in [2.45, 2.75) is 26.3 Å². The van der Waals surface area contributed by atoms with Gasteiger partial charge in [0.05, 0.1) is 7.11 Å². The SMILES string of the molecule is COB(OC)c1ccc(C[C@H](NC(=O)c2cc(C)cc(C)c2)C(=O)OC)cc1. The number of nitrogens with one attached hydrogen (secondary N) is 1. The number of hydrogen-bond acceptors (Lipinski definition) is 5. The van der Waals surface area contributed by atoms with E-state index in [-0.39, 0.29) is 5.91 Å². The van der Waals surface area contributed by atoms with Crippen molar-refractivity contribution >= 4 is 24.5 Å². The number of methoxy groups -OCH3 is 1. The summed E-state index contributed by atoms with van der Waals surface area (Å²) in [5.41, 5.74) is 4.24. The first-order valence-electron chi connectivity index (χ1n) is 8.99. The van der Waals surface area contributed by atoms with E-state index in [1.54, 1.807) is 26.4 Å². The van der Waals surface area contributed by atoms with Crippen LogP contribution in [0.15, 0.2) is 42.5 Å². The number of rotatable bonds is 8. The highest BCUT2D eigenvalue weighted by molar-refractivity contribution is 6.61. The highest BCUT2D eigenvalue weighted by Gasteiger charge is 2.23. The lowest BCUT2D eigenvalue weighted by Gasteiger charge is -2.17. The third-order valence-electron chi connectivity index (χ3n) is 4.39. The second-order valence-electron chi connectivity index (χ2n) is 6.67. The minimum atomic E-state index is -0.787. The first-order chi connectivity index (χ1) is 13.4. The lowest BCUT2D eigenvalue weighted by molar-refractivity contribution is -0.142. The smallest absolute Gasteiger partial charge is 0.467 e. The van der Waals surface area contributed by atoms with Gasteiger partial charge in [0, 0.05) is 26.2 Å². The van der Waals surface area contributed by atoms with E-state index in [9.17, 15) is 9.59 Å². The summed E-state index contributed by atoms with van der Waals surface area (Å²) < 4.78 is 15.3. The largest absolute Gasteiger partial charge is 0.493 e. The summed E-state index contributed by atoms with van der Waals surface area (Å²) in [5.74, 6) is -0.800. The van der Waals surface area contributed by atoms with Gasteiger partial charge in [0.25, 0.3) is 5.91 Å². The third-order valence-corrected chi connectivity index (χ3v) is 4.39. The Bertz CT molecular complexity index is 798. The standard InChI is InChI=1S/C21H26BNO5/c1-14-10-15(2)12-17(11-14)20(24)23-19(21(25)26-3)13-16-6-8-18(9-7-16)22(27-4)28-5/h6-12,19H,13H2,1-5H3,(H,23,24)/t19-/m0/s1. The van der Waals surface area contributed by atoms with Gasteiger partial charge >= 0.3 is 13.1 Å². The van der Waals surface area contributed by atoms with Crippen molar-refractivity contribution in [3.8, 4) is 0 Å². The predicted molar refractivity (Wildman–Crippen MR) is 109 cm³/mol.